The fourth-order valence-electron chi connectivity index (χ4n) is 3.54. The van der Waals surface area contributed by atoms with Gasteiger partial charge in [0.15, 0.2) is 0 Å². The monoisotopic (exact) mass is 628 g/mol. The molecule has 0 unspecified atom stereocenters. The van der Waals surface area contributed by atoms with Gasteiger partial charge < -0.3 is 40.2 Å². The maximum Gasteiger partial charge on any atom is 0.408 e. The highest BCUT2D eigenvalue weighted by Gasteiger charge is 2.26. The molecule has 45 heavy (non-hydrogen) atoms. The summed E-state index contributed by atoms with van der Waals surface area (Å²) in [7, 11) is 0. The summed E-state index contributed by atoms with van der Waals surface area (Å²) in [5.74, 6) is -2.49. The summed E-state index contributed by atoms with van der Waals surface area (Å²) in [4.78, 5) is 73.2. The van der Waals surface area contributed by atoms with Crippen molar-refractivity contribution in [1.82, 2.24) is 21.3 Å². The molecule has 0 fully saturated rings. The summed E-state index contributed by atoms with van der Waals surface area (Å²) in [6.45, 7) is 7.41. The Balaban J connectivity index is 1.85. The lowest BCUT2D eigenvalue weighted by molar-refractivity contribution is -0.147. The van der Waals surface area contributed by atoms with Crippen molar-refractivity contribution >= 4 is 35.9 Å². The Morgan fingerprint density at radius 2 is 1.44 bits per heavy atom. The summed E-state index contributed by atoms with van der Waals surface area (Å²) in [5, 5.41) is 9.62. The molecule has 2 aromatic carbocycles. The van der Waals surface area contributed by atoms with Gasteiger partial charge in [-0.2, -0.15) is 0 Å². The van der Waals surface area contributed by atoms with E-state index in [1.165, 1.54) is 19.1 Å². The highest BCUT2D eigenvalue weighted by Crippen LogP contribution is 2.14. The third kappa shape index (κ3) is 14.7. The van der Waals surface area contributed by atoms with Gasteiger partial charge in [0, 0.05) is 6.42 Å². The first kappa shape index (κ1) is 36.1. The van der Waals surface area contributed by atoms with Crippen molar-refractivity contribution in [2.75, 3.05) is 19.7 Å². The van der Waals surface area contributed by atoms with E-state index in [0.717, 1.165) is 5.56 Å². The molecule has 4 amide bonds. The van der Waals surface area contributed by atoms with Gasteiger partial charge in [-0.1, -0.05) is 42.5 Å². The van der Waals surface area contributed by atoms with Crippen molar-refractivity contribution in [2.24, 2.45) is 0 Å². The van der Waals surface area contributed by atoms with Gasteiger partial charge in [-0.05, 0) is 57.9 Å². The zero-order chi connectivity index (χ0) is 33.4. The fourth-order valence-corrected chi connectivity index (χ4v) is 3.54. The quantitative estimate of drug-likeness (QED) is 0.137. The average Bonchev–Trinajstić information content (AvgIpc) is 2.98. The van der Waals surface area contributed by atoms with Crippen LogP contribution >= 0.6 is 0 Å². The minimum Gasteiger partial charge on any atom is -0.464 e. The van der Waals surface area contributed by atoms with Gasteiger partial charge >= 0.3 is 24.1 Å². The van der Waals surface area contributed by atoms with Crippen LogP contribution in [0.4, 0.5) is 9.59 Å². The molecule has 14 nitrogen and oxygen atoms in total. The molecule has 0 aliphatic heterocycles. The normalized spacial score (nSPS) is 12.0. The van der Waals surface area contributed by atoms with Crippen molar-refractivity contribution in [1.29, 1.82) is 0 Å². The Kier molecular flexibility index (Phi) is 14.3. The van der Waals surface area contributed by atoms with Gasteiger partial charge in [0.2, 0.25) is 11.8 Å². The van der Waals surface area contributed by atoms with Gasteiger partial charge in [-0.3, -0.25) is 9.59 Å². The number of nitrogens with one attached hydrogen (secondary N) is 4. The van der Waals surface area contributed by atoms with E-state index in [2.05, 4.69) is 21.3 Å². The zero-order valence-corrected chi connectivity index (χ0v) is 26.0. The highest BCUT2D eigenvalue weighted by molar-refractivity contribution is 5.89. The maximum absolute atomic E-state index is 12.8. The van der Waals surface area contributed by atoms with Crippen molar-refractivity contribution in [3.05, 3.63) is 65.7 Å². The second kappa shape index (κ2) is 17.9. The van der Waals surface area contributed by atoms with E-state index in [1.807, 2.05) is 18.2 Å². The van der Waals surface area contributed by atoms with E-state index in [4.69, 9.17) is 18.9 Å². The van der Waals surface area contributed by atoms with Crippen LogP contribution in [0, 0.1) is 0 Å². The number of esters is 2. The van der Waals surface area contributed by atoms with Crippen LogP contribution < -0.4 is 26.0 Å². The highest BCUT2D eigenvalue weighted by atomic mass is 16.6. The number of rotatable bonds is 14. The lowest BCUT2D eigenvalue weighted by Crippen LogP contribution is -2.51. The molecule has 0 radical (unpaired) electrons. The number of carbonyl (C=O) groups excluding carboxylic acids is 6. The molecular weight excluding hydrogens is 588 g/mol. The van der Waals surface area contributed by atoms with E-state index in [-0.39, 0.29) is 31.9 Å². The second-order valence-corrected chi connectivity index (χ2v) is 10.7. The molecule has 4 N–H and O–H groups in total. The van der Waals surface area contributed by atoms with Crippen molar-refractivity contribution in [3.63, 3.8) is 0 Å². The topological polar surface area (TPSA) is 187 Å². The van der Waals surface area contributed by atoms with Crippen LogP contribution in [0.15, 0.2) is 54.6 Å². The Morgan fingerprint density at radius 3 is 2.07 bits per heavy atom. The number of alkyl carbamates (subject to hydrolysis) is 2. The summed E-state index contributed by atoms with van der Waals surface area (Å²) < 4.78 is 20.5. The van der Waals surface area contributed by atoms with Gasteiger partial charge in [0.05, 0.1) is 6.61 Å². The van der Waals surface area contributed by atoms with Crippen LogP contribution in [0.3, 0.4) is 0 Å². The number of amides is 4. The largest absolute Gasteiger partial charge is 0.464 e. The molecule has 0 saturated carbocycles. The van der Waals surface area contributed by atoms with E-state index in [9.17, 15) is 28.8 Å². The van der Waals surface area contributed by atoms with Crippen molar-refractivity contribution in [3.8, 4) is 5.75 Å². The van der Waals surface area contributed by atoms with Crippen LogP contribution in [-0.2, 0) is 46.4 Å². The van der Waals surface area contributed by atoms with Crippen molar-refractivity contribution in [2.45, 2.75) is 65.3 Å². The summed E-state index contributed by atoms with van der Waals surface area (Å²) in [5.41, 5.74) is 0.672. The third-order valence-corrected chi connectivity index (χ3v) is 5.64. The van der Waals surface area contributed by atoms with Crippen LogP contribution in [0.25, 0.3) is 0 Å². The molecule has 2 atom stereocenters. The molecule has 0 aliphatic rings. The summed E-state index contributed by atoms with van der Waals surface area (Å²) >= 11 is 0. The molecule has 0 bridgehead atoms. The third-order valence-electron chi connectivity index (χ3n) is 5.64. The van der Waals surface area contributed by atoms with E-state index in [1.54, 1.807) is 52.0 Å². The lowest BCUT2D eigenvalue weighted by Gasteiger charge is -2.20. The minimum absolute atomic E-state index is 0.0275. The molecule has 0 aromatic heterocycles. The van der Waals surface area contributed by atoms with E-state index < -0.39 is 60.2 Å². The van der Waals surface area contributed by atoms with Gasteiger partial charge in [0.1, 0.15) is 43.1 Å². The first-order valence-corrected chi connectivity index (χ1v) is 14.2. The van der Waals surface area contributed by atoms with E-state index in [0.29, 0.717) is 5.56 Å². The summed E-state index contributed by atoms with van der Waals surface area (Å²) in [6, 6.07) is 13.1. The molecule has 0 saturated heterocycles. The molecule has 0 aliphatic carbocycles. The number of carbonyl (C=O) groups is 6. The standard InChI is InChI=1S/C31H40N4O10/c1-6-42-28(39)24(35-27(38)20(2)34-30(41)43-19-22-10-8-7-9-11-22)16-21-12-14-23(15-13-21)44-26(37)18-32-25(36)17-33-29(40)45-31(3,4)5/h7-15,20,24H,6,16-19H2,1-5H3,(H,32,36)(H,33,40)(H,34,41)(H,35,38)/t20-,24+/m1/s1. The van der Waals surface area contributed by atoms with E-state index >= 15 is 0 Å². The van der Waals surface area contributed by atoms with Crippen LogP contribution in [0.1, 0.15) is 45.7 Å². The number of hydrogen-bond acceptors (Lipinski definition) is 10. The first-order valence-electron chi connectivity index (χ1n) is 14.2. The van der Waals surface area contributed by atoms with Crippen LogP contribution in [0.2, 0.25) is 0 Å². The lowest BCUT2D eigenvalue weighted by atomic mass is 10.1. The predicted octanol–water partition coefficient (Wildman–Crippen LogP) is 2.14. The smallest absolute Gasteiger partial charge is 0.408 e. The number of hydrogen-bond donors (Lipinski definition) is 4. The van der Waals surface area contributed by atoms with Gasteiger partial charge in [-0.25, -0.2) is 19.2 Å². The minimum atomic E-state index is -1.07. The zero-order valence-electron chi connectivity index (χ0n) is 26.0. The Bertz CT molecular complexity index is 1310. The average molecular weight is 629 g/mol. The number of ether oxygens (including phenoxy) is 4. The summed E-state index contributed by atoms with van der Waals surface area (Å²) in [6.07, 6.45) is -1.52. The molecule has 0 heterocycles. The fraction of sp³-hybridized carbons (Fsp3) is 0.419. The second-order valence-electron chi connectivity index (χ2n) is 10.7. The molecule has 0 spiro atoms. The van der Waals surface area contributed by atoms with Crippen molar-refractivity contribution < 1.29 is 47.7 Å². The maximum atomic E-state index is 12.8. The SMILES string of the molecule is CCOC(=O)[C@H](Cc1ccc(OC(=O)CNC(=O)CNC(=O)OC(C)(C)C)cc1)NC(=O)[C@@H](C)NC(=O)OCc1ccccc1. The molecular formula is C31H40N4O10. The molecule has 2 rings (SSSR count). The molecule has 244 valence electrons. The Hall–Kier alpha value is -5.14. The van der Waals surface area contributed by atoms with Crippen LogP contribution in [-0.4, -0.2) is 73.3 Å². The number of benzene rings is 2. The van der Waals surface area contributed by atoms with Crippen LogP contribution in [0.5, 0.6) is 5.75 Å². The molecule has 2 aromatic rings. The predicted molar refractivity (Wildman–Crippen MR) is 161 cm³/mol. The van der Waals surface area contributed by atoms with Gasteiger partial charge in [0.25, 0.3) is 0 Å². The Labute approximate surface area is 261 Å². The molecule has 14 heteroatoms. The Morgan fingerprint density at radius 1 is 0.778 bits per heavy atom. The first-order chi connectivity index (χ1) is 21.3. The van der Waals surface area contributed by atoms with Gasteiger partial charge in [-0.15, -0.1) is 0 Å².